The molecule has 1 aromatic carbocycles. The Morgan fingerprint density at radius 2 is 2.06 bits per heavy atom. The van der Waals surface area contributed by atoms with E-state index in [1.165, 1.54) is 0 Å². The van der Waals surface area contributed by atoms with E-state index in [2.05, 4.69) is 27.9 Å². The van der Waals surface area contributed by atoms with Gasteiger partial charge >= 0.3 is 0 Å². The Kier molecular flexibility index (Phi) is 3.53. The molecule has 0 amide bonds. The van der Waals surface area contributed by atoms with E-state index in [9.17, 15) is 0 Å². The molecule has 1 fully saturated rings. The largest absolute Gasteiger partial charge is 0.197 e. The van der Waals surface area contributed by atoms with Gasteiger partial charge in [0.2, 0.25) is 0 Å². The fourth-order valence-corrected chi connectivity index (χ4v) is 1.78. The average Bonchev–Trinajstić information content (AvgIpc) is 3.20. The van der Waals surface area contributed by atoms with Crippen molar-refractivity contribution in [1.29, 1.82) is 5.26 Å². The minimum absolute atomic E-state index is 0.229. The van der Waals surface area contributed by atoms with Gasteiger partial charge < -0.3 is 0 Å². The predicted octanol–water partition coefficient (Wildman–Crippen LogP) is 3.29. The molecule has 0 unspecified atom stereocenters. The maximum atomic E-state index is 9.09. The summed E-state index contributed by atoms with van der Waals surface area (Å²) < 4.78 is 0. The molecule has 0 heterocycles. The summed E-state index contributed by atoms with van der Waals surface area (Å²) in [7, 11) is 0. The topological polar surface area (TPSA) is 72.5 Å². The molecule has 18 heavy (non-hydrogen) atoms. The third kappa shape index (κ3) is 2.63. The second kappa shape index (κ2) is 5.27. The van der Waals surface area contributed by atoms with Crippen LogP contribution in [-0.4, -0.2) is 6.54 Å². The lowest BCUT2D eigenvalue weighted by Gasteiger charge is -2.04. The van der Waals surface area contributed by atoms with Crippen LogP contribution >= 0.6 is 0 Å². The first kappa shape index (κ1) is 12.0. The molecule has 88 valence electrons. The van der Waals surface area contributed by atoms with Crippen LogP contribution in [0.25, 0.3) is 10.4 Å². The number of azide groups is 1. The van der Waals surface area contributed by atoms with E-state index in [1.54, 1.807) is 0 Å². The van der Waals surface area contributed by atoms with Crippen molar-refractivity contribution in [1.82, 2.24) is 0 Å². The highest BCUT2D eigenvalue weighted by molar-refractivity contribution is 5.43. The summed E-state index contributed by atoms with van der Waals surface area (Å²) in [6.07, 6.45) is 2.48. The number of nitriles is 1. The fourth-order valence-electron chi connectivity index (χ4n) is 1.78. The Morgan fingerprint density at radius 3 is 2.61 bits per heavy atom. The van der Waals surface area contributed by atoms with Crippen LogP contribution in [0.5, 0.6) is 0 Å². The summed E-state index contributed by atoms with van der Waals surface area (Å²) in [5, 5.41) is 12.5. The summed E-state index contributed by atoms with van der Waals surface area (Å²) in [6, 6.07) is 10.2. The SMILES string of the molecule is N#CC1(c2ccc(C#CCCN=[N+]=[N-])cc2)CC1. The Labute approximate surface area is 106 Å². The van der Waals surface area contributed by atoms with Gasteiger partial charge in [-0.1, -0.05) is 29.1 Å². The lowest BCUT2D eigenvalue weighted by Crippen LogP contribution is -2.01. The van der Waals surface area contributed by atoms with E-state index in [0.29, 0.717) is 13.0 Å². The molecule has 1 aliphatic rings. The van der Waals surface area contributed by atoms with Crippen LogP contribution in [0.2, 0.25) is 0 Å². The van der Waals surface area contributed by atoms with Gasteiger partial charge in [0.25, 0.3) is 0 Å². The van der Waals surface area contributed by atoms with Crippen LogP contribution in [0.4, 0.5) is 0 Å². The van der Waals surface area contributed by atoms with Crippen LogP contribution in [0, 0.1) is 23.2 Å². The Balaban J connectivity index is 2.00. The highest BCUT2D eigenvalue weighted by Crippen LogP contribution is 2.47. The third-order valence-corrected chi connectivity index (χ3v) is 3.03. The van der Waals surface area contributed by atoms with Crippen molar-refractivity contribution in [3.63, 3.8) is 0 Å². The number of nitrogens with zero attached hydrogens (tertiary/aromatic N) is 4. The lowest BCUT2D eigenvalue weighted by atomic mass is 9.97. The number of benzene rings is 1. The van der Waals surface area contributed by atoms with Gasteiger partial charge in [-0.05, 0) is 36.1 Å². The molecule has 4 heteroatoms. The van der Waals surface area contributed by atoms with Gasteiger partial charge in [0.05, 0.1) is 11.5 Å². The van der Waals surface area contributed by atoms with Crippen LogP contribution in [0.3, 0.4) is 0 Å². The van der Waals surface area contributed by atoms with Gasteiger partial charge in [0.15, 0.2) is 0 Å². The summed E-state index contributed by atoms with van der Waals surface area (Å²) in [5.41, 5.74) is 9.89. The Hall–Kier alpha value is -2.42. The van der Waals surface area contributed by atoms with Crippen molar-refractivity contribution in [2.45, 2.75) is 24.7 Å². The van der Waals surface area contributed by atoms with Crippen LogP contribution in [-0.2, 0) is 5.41 Å². The summed E-state index contributed by atoms with van der Waals surface area (Å²) >= 11 is 0. The van der Waals surface area contributed by atoms with E-state index in [1.807, 2.05) is 24.3 Å². The van der Waals surface area contributed by atoms with E-state index < -0.39 is 0 Å². The molecule has 0 aliphatic heterocycles. The molecular weight excluding hydrogens is 224 g/mol. The van der Waals surface area contributed by atoms with E-state index in [4.69, 9.17) is 10.8 Å². The van der Waals surface area contributed by atoms with E-state index in [-0.39, 0.29) is 5.41 Å². The maximum Gasteiger partial charge on any atom is 0.0823 e. The highest BCUT2D eigenvalue weighted by Gasteiger charge is 2.44. The molecule has 2 rings (SSSR count). The van der Waals surface area contributed by atoms with Gasteiger partial charge in [0, 0.05) is 23.4 Å². The molecule has 1 aromatic rings. The van der Waals surface area contributed by atoms with Crippen molar-refractivity contribution >= 4 is 0 Å². The van der Waals surface area contributed by atoms with Gasteiger partial charge in [-0.3, -0.25) is 0 Å². The zero-order valence-electron chi connectivity index (χ0n) is 9.93. The zero-order valence-corrected chi connectivity index (χ0v) is 9.93. The molecule has 0 N–H and O–H groups in total. The van der Waals surface area contributed by atoms with Crippen LogP contribution < -0.4 is 0 Å². The Morgan fingerprint density at radius 1 is 1.33 bits per heavy atom. The van der Waals surface area contributed by atoms with Crippen LogP contribution in [0.15, 0.2) is 29.4 Å². The Bertz CT molecular complexity index is 573. The number of hydrogen-bond donors (Lipinski definition) is 0. The molecule has 0 saturated heterocycles. The molecule has 0 bridgehead atoms. The van der Waals surface area contributed by atoms with E-state index in [0.717, 1.165) is 24.0 Å². The number of hydrogen-bond acceptors (Lipinski definition) is 2. The predicted molar refractivity (Wildman–Crippen MR) is 68.5 cm³/mol. The zero-order chi connectivity index (χ0) is 12.8. The summed E-state index contributed by atoms with van der Waals surface area (Å²) in [4.78, 5) is 2.66. The number of rotatable bonds is 3. The first-order valence-corrected chi connectivity index (χ1v) is 5.82. The van der Waals surface area contributed by atoms with Crippen molar-refractivity contribution in [2.75, 3.05) is 6.54 Å². The maximum absolute atomic E-state index is 9.09. The van der Waals surface area contributed by atoms with Gasteiger partial charge in [-0.2, -0.15) is 5.26 Å². The lowest BCUT2D eigenvalue weighted by molar-refractivity contribution is 0.908. The van der Waals surface area contributed by atoms with Crippen LogP contribution in [0.1, 0.15) is 30.4 Å². The smallest absolute Gasteiger partial charge is 0.0823 e. The second-order valence-electron chi connectivity index (χ2n) is 4.28. The molecule has 0 spiro atoms. The minimum Gasteiger partial charge on any atom is -0.197 e. The summed E-state index contributed by atoms with van der Waals surface area (Å²) in [6.45, 7) is 0.402. The molecule has 0 atom stereocenters. The molecule has 4 nitrogen and oxygen atoms in total. The van der Waals surface area contributed by atoms with Crippen molar-refractivity contribution < 1.29 is 0 Å². The standard InChI is InChI=1S/C14H12N4/c15-11-14(8-9-14)13-6-4-12(5-7-13)3-1-2-10-17-18-16/h4-7H,2,8-10H2. The van der Waals surface area contributed by atoms with Gasteiger partial charge in [0.1, 0.15) is 0 Å². The first-order valence-electron chi connectivity index (χ1n) is 5.82. The van der Waals surface area contributed by atoms with Crippen molar-refractivity contribution in [2.24, 2.45) is 5.11 Å². The molecular formula is C14H12N4. The molecule has 1 aliphatic carbocycles. The average molecular weight is 236 g/mol. The minimum atomic E-state index is -0.229. The van der Waals surface area contributed by atoms with E-state index >= 15 is 0 Å². The first-order chi connectivity index (χ1) is 8.80. The van der Waals surface area contributed by atoms with Gasteiger partial charge in [-0.15, -0.1) is 0 Å². The third-order valence-electron chi connectivity index (χ3n) is 3.03. The molecule has 0 aromatic heterocycles. The molecule has 1 saturated carbocycles. The van der Waals surface area contributed by atoms with Gasteiger partial charge in [-0.25, -0.2) is 0 Å². The van der Waals surface area contributed by atoms with Crippen molar-refractivity contribution in [3.05, 3.63) is 45.8 Å². The normalized spacial score (nSPS) is 14.6. The monoisotopic (exact) mass is 236 g/mol. The second-order valence-corrected chi connectivity index (χ2v) is 4.28. The fraction of sp³-hybridized carbons (Fsp3) is 0.357. The quantitative estimate of drug-likeness (QED) is 0.261. The highest BCUT2D eigenvalue weighted by atomic mass is 15.1. The summed E-state index contributed by atoms with van der Waals surface area (Å²) in [5.74, 6) is 5.95. The molecule has 0 radical (unpaired) electrons. The van der Waals surface area contributed by atoms with Crippen molar-refractivity contribution in [3.8, 4) is 17.9 Å².